The fourth-order valence-corrected chi connectivity index (χ4v) is 3.20. The molecular formula is C13H17NO2S. The molecule has 17 heavy (non-hydrogen) atoms. The molecule has 2 rings (SSSR count). The number of methoxy groups -OCH3 is 1. The number of nitrogens with zero attached hydrogens (tertiary/aromatic N) is 1. The van der Waals surface area contributed by atoms with Crippen molar-refractivity contribution < 1.29 is 9.53 Å². The third kappa shape index (κ3) is 2.64. The number of hydrogen-bond acceptors (Lipinski definition) is 4. The second-order valence-corrected chi connectivity index (χ2v) is 5.29. The number of benzene rings is 1. The first-order valence-corrected chi connectivity index (χ1v) is 6.84. The van der Waals surface area contributed by atoms with Crippen LogP contribution in [0.25, 0.3) is 0 Å². The van der Waals surface area contributed by atoms with Crippen molar-refractivity contribution in [3.63, 3.8) is 0 Å². The summed E-state index contributed by atoms with van der Waals surface area (Å²) in [7, 11) is 3.61. The molecule has 1 aromatic carbocycles. The molecule has 1 aliphatic rings. The SMILES string of the molecule is COc1ccccc1C(=O)C1CSCCN1C. The highest BCUT2D eigenvalue weighted by Gasteiger charge is 2.28. The van der Waals surface area contributed by atoms with Gasteiger partial charge in [0.25, 0.3) is 0 Å². The van der Waals surface area contributed by atoms with Crippen LogP contribution in [0, 0.1) is 0 Å². The Morgan fingerprint density at radius 1 is 1.47 bits per heavy atom. The van der Waals surface area contributed by atoms with Crippen LogP contribution in [0.4, 0.5) is 0 Å². The Labute approximate surface area is 106 Å². The first-order valence-electron chi connectivity index (χ1n) is 5.69. The molecule has 3 nitrogen and oxygen atoms in total. The molecule has 1 saturated heterocycles. The number of thioether (sulfide) groups is 1. The van der Waals surface area contributed by atoms with E-state index in [4.69, 9.17) is 4.74 Å². The van der Waals surface area contributed by atoms with Crippen molar-refractivity contribution in [2.45, 2.75) is 6.04 Å². The minimum absolute atomic E-state index is 0.0231. The molecule has 1 atom stereocenters. The Hall–Kier alpha value is -1.00. The van der Waals surface area contributed by atoms with Gasteiger partial charge in [0.05, 0.1) is 18.7 Å². The molecule has 0 spiro atoms. The molecule has 0 aromatic heterocycles. The van der Waals surface area contributed by atoms with Gasteiger partial charge in [-0.2, -0.15) is 11.8 Å². The lowest BCUT2D eigenvalue weighted by Crippen LogP contribution is -2.44. The zero-order valence-electron chi connectivity index (χ0n) is 10.2. The van der Waals surface area contributed by atoms with E-state index in [2.05, 4.69) is 4.90 Å². The van der Waals surface area contributed by atoms with Crippen LogP contribution in [-0.4, -0.2) is 48.9 Å². The number of para-hydroxylation sites is 1. The summed E-state index contributed by atoms with van der Waals surface area (Å²) in [6.45, 7) is 0.968. The molecule has 1 aliphatic heterocycles. The molecule has 4 heteroatoms. The maximum atomic E-state index is 12.5. The Morgan fingerprint density at radius 3 is 2.94 bits per heavy atom. The summed E-state index contributed by atoms with van der Waals surface area (Å²) in [4.78, 5) is 14.6. The van der Waals surface area contributed by atoms with E-state index in [-0.39, 0.29) is 11.8 Å². The second kappa shape index (κ2) is 5.56. The molecule has 1 unspecified atom stereocenters. The highest BCUT2D eigenvalue weighted by atomic mass is 32.2. The zero-order chi connectivity index (χ0) is 12.3. The van der Waals surface area contributed by atoms with Gasteiger partial charge in [-0.3, -0.25) is 9.69 Å². The summed E-state index contributed by atoms with van der Waals surface area (Å²) >= 11 is 1.84. The lowest BCUT2D eigenvalue weighted by Gasteiger charge is -2.31. The summed E-state index contributed by atoms with van der Waals surface area (Å²) in [5.41, 5.74) is 0.689. The Kier molecular flexibility index (Phi) is 4.07. The molecule has 0 aliphatic carbocycles. The molecular weight excluding hydrogens is 234 g/mol. The van der Waals surface area contributed by atoms with Crippen molar-refractivity contribution in [1.82, 2.24) is 4.90 Å². The summed E-state index contributed by atoms with van der Waals surface area (Å²) in [6.07, 6.45) is 0. The molecule has 1 heterocycles. The average molecular weight is 251 g/mol. The van der Waals surface area contributed by atoms with Gasteiger partial charge in [0.2, 0.25) is 0 Å². The largest absolute Gasteiger partial charge is 0.496 e. The molecule has 0 radical (unpaired) electrons. The second-order valence-electron chi connectivity index (χ2n) is 4.14. The van der Waals surface area contributed by atoms with Gasteiger partial charge in [0, 0.05) is 18.1 Å². The first-order chi connectivity index (χ1) is 8.24. The lowest BCUT2D eigenvalue weighted by molar-refractivity contribution is 0.0871. The first kappa shape index (κ1) is 12.5. The van der Waals surface area contributed by atoms with Crippen LogP contribution in [-0.2, 0) is 0 Å². The molecule has 0 amide bonds. The maximum absolute atomic E-state index is 12.5. The lowest BCUT2D eigenvalue weighted by atomic mass is 10.0. The van der Waals surface area contributed by atoms with Crippen molar-refractivity contribution in [2.24, 2.45) is 0 Å². The van der Waals surface area contributed by atoms with Crippen molar-refractivity contribution in [3.8, 4) is 5.75 Å². The van der Waals surface area contributed by atoms with Gasteiger partial charge in [0.15, 0.2) is 5.78 Å². The Balaban J connectivity index is 2.23. The fraction of sp³-hybridized carbons (Fsp3) is 0.462. The summed E-state index contributed by atoms with van der Waals surface area (Å²) in [5.74, 6) is 2.80. The smallest absolute Gasteiger partial charge is 0.184 e. The normalized spacial score (nSPS) is 21.2. The number of likely N-dealkylation sites (N-methyl/N-ethyl adjacent to an activating group) is 1. The summed E-state index contributed by atoms with van der Waals surface area (Å²) in [5, 5.41) is 0. The number of hydrogen-bond donors (Lipinski definition) is 0. The molecule has 0 bridgehead atoms. The summed E-state index contributed by atoms with van der Waals surface area (Å²) in [6, 6.07) is 7.42. The number of carbonyl (C=O) groups is 1. The van der Waals surface area contributed by atoms with E-state index in [1.165, 1.54) is 0 Å². The monoisotopic (exact) mass is 251 g/mol. The van der Waals surface area contributed by atoms with Gasteiger partial charge in [-0.1, -0.05) is 12.1 Å². The highest BCUT2D eigenvalue weighted by Crippen LogP contribution is 2.24. The van der Waals surface area contributed by atoms with Gasteiger partial charge in [-0.05, 0) is 19.2 Å². The van der Waals surface area contributed by atoms with E-state index < -0.39 is 0 Å². The number of ketones is 1. The topological polar surface area (TPSA) is 29.5 Å². The van der Waals surface area contributed by atoms with Gasteiger partial charge in [-0.25, -0.2) is 0 Å². The van der Waals surface area contributed by atoms with Crippen molar-refractivity contribution in [1.29, 1.82) is 0 Å². The average Bonchev–Trinajstić information content (AvgIpc) is 2.38. The van der Waals surface area contributed by atoms with Crippen LogP contribution in [0.2, 0.25) is 0 Å². The standard InChI is InChI=1S/C13H17NO2S/c1-14-7-8-17-9-11(14)13(15)10-5-3-4-6-12(10)16-2/h3-6,11H,7-9H2,1-2H3. The quantitative estimate of drug-likeness (QED) is 0.768. The van der Waals surface area contributed by atoms with Crippen LogP contribution in [0.15, 0.2) is 24.3 Å². The molecule has 0 N–H and O–H groups in total. The van der Waals surface area contributed by atoms with Gasteiger partial charge in [-0.15, -0.1) is 0 Å². The molecule has 1 fully saturated rings. The predicted octanol–water partition coefficient (Wildman–Crippen LogP) is 1.93. The highest BCUT2D eigenvalue weighted by molar-refractivity contribution is 7.99. The maximum Gasteiger partial charge on any atom is 0.184 e. The van der Waals surface area contributed by atoms with Crippen LogP contribution >= 0.6 is 11.8 Å². The zero-order valence-corrected chi connectivity index (χ0v) is 11.0. The fourth-order valence-electron chi connectivity index (χ4n) is 1.99. The van der Waals surface area contributed by atoms with Gasteiger partial charge < -0.3 is 4.74 Å². The summed E-state index contributed by atoms with van der Waals surface area (Å²) < 4.78 is 5.25. The molecule has 1 aromatic rings. The minimum Gasteiger partial charge on any atom is -0.496 e. The van der Waals surface area contributed by atoms with Crippen LogP contribution in [0.1, 0.15) is 10.4 Å². The van der Waals surface area contributed by atoms with Gasteiger partial charge >= 0.3 is 0 Å². The van der Waals surface area contributed by atoms with E-state index in [1.807, 2.05) is 43.1 Å². The van der Waals surface area contributed by atoms with Gasteiger partial charge in [0.1, 0.15) is 5.75 Å². The minimum atomic E-state index is -0.0231. The van der Waals surface area contributed by atoms with Crippen LogP contribution < -0.4 is 4.74 Å². The van der Waals surface area contributed by atoms with Crippen molar-refractivity contribution >= 4 is 17.5 Å². The number of carbonyl (C=O) groups excluding carboxylic acids is 1. The Morgan fingerprint density at radius 2 is 2.24 bits per heavy atom. The Bertz CT molecular complexity index is 408. The third-order valence-corrected chi connectivity index (χ3v) is 4.09. The van der Waals surface area contributed by atoms with E-state index in [0.29, 0.717) is 11.3 Å². The van der Waals surface area contributed by atoms with E-state index in [9.17, 15) is 4.79 Å². The van der Waals surface area contributed by atoms with Crippen molar-refractivity contribution in [2.75, 3.05) is 32.2 Å². The van der Waals surface area contributed by atoms with E-state index in [0.717, 1.165) is 18.1 Å². The molecule has 0 saturated carbocycles. The van der Waals surface area contributed by atoms with Crippen LogP contribution in [0.3, 0.4) is 0 Å². The van der Waals surface area contributed by atoms with E-state index >= 15 is 0 Å². The van der Waals surface area contributed by atoms with Crippen LogP contribution in [0.5, 0.6) is 5.75 Å². The van der Waals surface area contributed by atoms with Crippen molar-refractivity contribution in [3.05, 3.63) is 29.8 Å². The predicted molar refractivity (Wildman–Crippen MR) is 71.1 cm³/mol. The third-order valence-electron chi connectivity index (χ3n) is 3.07. The number of ether oxygens (including phenoxy) is 1. The number of Topliss-reactive ketones (excluding diaryl/α,β-unsaturated/α-hetero) is 1. The molecule has 92 valence electrons. The number of rotatable bonds is 3. The van der Waals surface area contributed by atoms with E-state index in [1.54, 1.807) is 7.11 Å².